The van der Waals surface area contributed by atoms with Gasteiger partial charge in [-0.05, 0) is 67.4 Å². The summed E-state index contributed by atoms with van der Waals surface area (Å²) in [5.41, 5.74) is 1.56. The van der Waals surface area contributed by atoms with Crippen LogP contribution < -0.4 is 10.1 Å². The molecule has 1 atom stereocenters. The number of para-hydroxylation sites is 1. The zero-order chi connectivity index (χ0) is 24.8. The van der Waals surface area contributed by atoms with E-state index in [1.165, 1.54) is 7.11 Å². The Labute approximate surface area is 209 Å². The SMILES string of the molecule is CCC(C)(NCc1ccc(-c2noc(-c3ccc(Oc4ccccc4)cc3)n2)c(Cl)c1)C(=O)OC. The molecule has 0 amide bonds. The third kappa shape index (κ3) is 5.70. The van der Waals surface area contributed by atoms with Crippen LogP contribution in [0.4, 0.5) is 0 Å². The van der Waals surface area contributed by atoms with Gasteiger partial charge in [-0.15, -0.1) is 0 Å². The Hall–Kier alpha value is -3.68. The van der Waals surface area contributed by atoms with Gasteiger partial charge < -0.3 is 14.0 Å². The molecule has 0 saturated heterocycles. The van der Waals surface area contributed by atoms with Crippen molar-refractivity contribution in [3.63, 3.8) is 0 Å². The number of halogens is 1. The first kappa shape index (κ1) is 24.4. The van der Waals surface area contributed by atoms with Gasteiger partial charge in [-0.25, -0.2) is 0 Å². The Morgan fingerprint density at radius 2 is 1.77 bits per heavy atom. The molecule has 3 aromatic carbocycles. The smallest absolute Gasteiger partial charge is 0.325 e. The van der Waals surface area contributed by atoms with Gasteiger partial charge in [-0.2, -0.15) is 4.98 Å². The molecule has 0 radical (unpaired) electrons. The van der Waals surface area contributed by atoms with Crippen LogP contribution >= 0.6 is 11.6 Å². The molecule has 1 unspecified atom stereocenters. The minimum Gasteiger partial charge on any atom is -0.468 e. The minimum absolute atomic E-state index is 0.304. The molecule has 0 aliphatic rings. The molecule has 7 nitrogen and oxygen atoms in total. The van der Waals surface area contributed by atoms with Crippen molar-refractivity contribution < 1.29 is 18.8 Å². The fourth-order valence-corrected chi connectivity index (χ4v) is 3.74. The maximum Gasteiger partial charge on any atom is 0.325 e. The van der Waals surface area contributed by atoms with Crippen LogP contribution in [0.2, 0.25) is 5.02 Å². The van der Waals surface area contributed by atoms with E-state index in [0.29, 0.717) is 41.0 Å². The fourth-order valence-electron chi connectivity index (χ4n) is 3.45. The van der Waals surface area contributed by atoms with Gasteiger partial charge in [-0.3, -0.25) is 10.1 Å². The van der Waals surface area contributed by atoms with Crippen molar-refractivity contribution in [3.8, 4) is 34.3 Å². The maximum atomic E-state index is 12.1. The lowest BCUT2D eigenvalue weighted by molar-refractivity contribution is -0.148. The van der Waals surface area contributed by atoms with E-state index in [2.05, 4.69) is 15.5 Å². The second kappa shape index (κ2) is 10.7. The van der Waals surface area contributed by atoms with E-state index in [1.54, 1.807) is 0 Å². The van der Waals surface area contributed by atoms with Crippen molar-refractivity contribution >= 4 is 17.6 Å². The van der Waals surface area contributed by atoms with Gasteiger partial charge in [-0.1, -0.05) is 47.9 Å². The van der Waals surface area contributed by atoms with Crippen LogP contribution in [-0.2, 0) is 16.1 Å². The van der Waals surface area contributed by atoms with E-state index < -0.39 is 5.54 Å². The highest BCUT2D eigenvalue weighted by molar-refractivity contribution is 6.33. The first-order valence-electron chi connectivity index (χ1n) is 11.2. The van der Waals surface area contributed by atoms with Crippen LogP contribution in [0.5, 0.6) is 11.5 Å². The molecule has 0 aliphatic heterocycles. The Morgan fingerprint density at radius 1 is 1.06 bits per heavy atom. The number of carbonyl (C=O) groups is 1. The molecule has 0 saturated carbocycles. The predicted molar refractivity (Wildman–Crippen MR) is 134 cm³/mol. The summed E-state index contributed by atoms with van der Waals surface area (Å²) in [7, 11) is 1.38. The highest BCUT2D eigenvalue weighted by Crippen LogP contribution is 2.30. The summed E-state index contributed by atoms with van der Waals surface area (Å²) in [6, 6.07) is 22.5. The van der Waals surface area contributed by atoms with Crippen LogP contribution in [0.3, 0.4) is 0 Å². The van der Waals surface area contributed by atoms with Gasteiger partial charge in [0.15, 0.2) is 0 Å². The van der Waals surface area contributed by atoms with Gasteiger partial charge in [0.05, 0.1) is 12.1 Å². The molecule has 4 rings (SSSR count). The molecule has 1 N–H and O–H groups in total. The molecule has 1 aromatic heterocycles. The molecular formula is C27H26ClN3O4. The summed E-state index contributed by atoms with van der Waals surface area (Å²) in [4.78, 5) is 16.6. The third-order valence-electron chi connectivity index (χ3n) is 5.81. The molecular weight excluding hydrogens is 466 g/mol. The molecule has 35 heavy (non-hydrogen) atoms. The lowest BCUT2D eigenvalue weighted by atomic mass is 9.98. The number of carbonyl (C=O) groups excluding carboxylic acids is 1. The first-order valence-corrected chi connectivity index (χ1v) is 11.6. The molecule has 0 aliphatic carbocycles. The van der Waals surface area contributed by atoms with Crippen LogP contribution in [0, 0.1) is 0 Å². The van der Waals surface area contributed by atoms with Crippen LogP contribution in [-0.4, -0.2) is 28.8 Å². The normalized spacial score (nSPS) is 12.7. The Bertz CT molecular complexity index is 1290. The monoisotopic (exact) mass is 491 g/mol. The number of benzene rings is 3. The summed E-state index contributed by atoms with van der Waals surface area (Å²) >= 11 is 6.53. The Balaban J connectivity index is 1.45. The number of ether oxygens (including phenoxy) is 2. The van der Waals surface area contributed by atoms with E-state index in [-0.39, 0.29) is 5.97 Å². The van der Waals surface area contributed by atoms with E-state index in [1.807, 2.05) is 86.6 Å². The molecule has 0 spiro atoms. The van der Waals surface area contributed by atoms with Gasteiger partial charge >= 0.3 is 5.97 Å². The average molecular weight is 492 g/mol. The highest BCUT2D eigenvalue weighted by Gasteiger charge is 2.31. The standard InChI is InChI=1S/C27H26ClN3O4/c1-4-27(2,26(32)33-3)29-17-18-10-15-22(23(28)16-18)24-30-25(35-31-24)19-11-13-21(14-12-19)34-20-8-6-5-7-9-20/h5-16,29H,4,17H2,1-3H3. The molecule has 180 valence electrons. The van der Waals surface area contributed by atoms with Crippen molar-refractivity contribution in [2.24, 2.45) is 0 Å². The van der Waals surface area contributed by atoms with E-state index in [4.69, 9.17) is 25.6 Å². The average Bonchev–Trinajstić information content (AvgIpc) is 3.38. The quantitative estimate of drug-likeness (QED) is 0.276. The predicted octanol–water partition coefficient (Wildman–Crippen LogP) is 6.28. The maximum absolute atomic E-state index is 12.1. The number of rotatable bonds is 9. The molecule has 0 fully saturated rings. The summed E-state index contributed by atoms with van der Waals surface area (Å²) in [6.45, 7) is 4.20. The summed E-state index contributed by atoms with van der Waals surface area (Å²) in [5, 5.41) is 7.83. The number of aromatic nitrogens is 2. The van der Waals surface area contributed by atoms with Crippen LogP contribution in [0.1, 0.15) is 25.8 Å². The second-order valence-corrected chi connectivity index (χ2v) is 8.61. The topological polar surface area (TPSA) is 86.5 Å². The molecule has 4 aromatic rings. The van der Waals surface area contributed by atoms with E-state index in [9.17, 15) is 4.79 Å². The lowest BCUT2D eigenvalue weighted by Crippen LogP contribution is -2.49. The zero-order valence-corrected chi connectivity index (χ0v) is 20.5. The van der Waals surface area contributed by atoms with Gasteiger partial charge in [0.1, 0.15) is 17.0 Å². The van der Waals surface area contributed by atoms with Crippen LogP contribution in [0.15, 0.2) is 77.3 Å². The molecule has 8 heteroatoms. The van der Waals surface area contributed by atoms with Gasteiger partial charge in [0, 0.05) is 17.7 Å². The highest BCUT2D eigenvalue weighted by atomic mass is 35.5. The van der Waals surface area contributed by atoms with Crippen molar-refractivity contribution in [3.05, 3.63) is 83.4 Å². The summed E-state index contributed by atoms with van der Waals surface area (Å²) in [5.74, 6) is 1.94. The summed E-state index contributed by atoms with van der Waals surface area (Å²) < 4.78 is 16.2. The van der Waals surface area contributed by atoms with Gasteiger partial charge in [0.25, 0.3) is 5.89 Å². The van der Waals surface area contributed by atoms with Gasteiger partial charge in [0.2, 0.25) is 5.82 Å². The third-order valence-corrected chi connectivity index (χ3v) is 6.12. The van der Waals surface area contributed by atoms with Crippen molar-refractivity contribution in [1.82, 2.24) is 15.5 Å². The number of hydrogen-bond acceptors (Lipinski definition) is 7. The molecule has 1 heterocycles. The van der Waals surface area contributed by atoms with E-state index in [0.717, 1.165) is 16.9 Å². The number of hydrogen-bond donors (Lipinski definition) is 1. The van der Waals surface area contributed by atoms with Crippen molar-refractivity contribution in [2.75, 3.05) is 7.11 Å². The van der Waals surface area contributed by atoms with Crippen molar-refractivity contribution in [1.29, 1.82) is 0 Å². The summed E-state index contributed by atoms with van der Waals surface area (Å²) in [6.07, 6.45) is 0.594. The number of esters is 1. The van der Waals surface area contributed by atoms with Crippen LogP contribution in [0.25, 0.3) is 22.8 Å². The Morgan fingerprint density at radius 3 is 2.43 bits per heavy atom. The zero-order valence-electron chi connectivity index (χ0n) is 19.7. The lowest BCUT2D eigenvalue weighted by Gasteiger charge is -2.26. The number of nitrogens with zero attached hydrogens (tertiary/aromatic N) is 2. The largest absolute Gasteiger partial charge is 0.468 e. The number of methoxy groups -OCH3 is 1. The van der Waals surface area contributed by atoms with Crippen molar-refractivity contribution in [2.45, 2.75) is 32.4 Å². The number of nitrogens with one attached hydrogen (secondary N) is 1. The Kier molecular flexibility index (Phi) is 7.48. The first-order chi connectivity index (χ1) is 16.9. The second-order valence-electron chi connectivity index (χ2n) is 8.21. The fraction of sp³-hybridized carbons (Fsp3) is 0.222. The molecule has 0 bridgehead atoms. The van der Waals surface area contributed by atoms with E-state index >= 15 is 0 Å². The minimum atomic E-state index is -0.774.